The van der Waals surface area contributed by atoms with E-state index in [1.165, 1.54) is 17.0 Å². The Hall–Kier alpha value is -3.57. The van der Waals surface area contributed by atoms with Gasteiger partial charge < -0.3 is 10.2 Å². The summed E-state index contributed by atoms with van der Waals surface area (Å²) in [5.41, 5.74) is -0.199. The number of amides is 2. The lowest BCUT2D eigenvalue weighted by molar-refractivity contribution is -0.140. The van der Waals surface area contributed by atoms with E-state index in [-0.39, 0.29) is 23.9 Å². The molecule has 0 saturated heterocycles. The van der Waals surface area contributed by atoms with Crippen LogP contribution in [0.3, 0.4) is 0 Å². The Labute approximate surface area is 255 Å². The van der Waals surface area contributed by atoms with E-state index in [1.807, 2.05) is 13.8 Å². The fourth-order valence-electron chi connectivity index (χ4n) is 4.39. The topological polar surface area (TPSA) is 86.8 Å². The molecule has 0 aromatic heterocycles. The van der Waals surface area contributed by atoms with Gasteiger partial charge in [0.25, 0.3) is 10.0 Å². The molecule has 43 heavy (non-hydrogen) atoms. The lowest BCUT2D eigenvalue weighted by atomic mass is 10.1. The first-order chi connectivity index (χ1) is 20.2. The summed E-state index contributed by atoms with van der Waals surface area (Å²) < 4.78 is 69.9. The average molecular weight is 638 g/mol. The van der Waals surface area contributed by atoms with E-state index in [1.54, 1.807) is 56.3 Å². The minimum absolute atomic E-state index is 0.0288. The molecule has 3 aromatic rings. The lowest BCUT2D eigenvalue weighted by Gasteiger charge is -2.34. The van der Waals surface area contributed by atoms with Crippen LogP contribution in [-0.2, 0) is 32.3 Å². The Morgan fingerprint density at radius 3 is 2.14 bits per heavy atom. The summed E-state index contributed by atoms with van der Waals surface area (Å²) in [6.07, 6.45) is -4.02. The minimum atomic E-state index is -4.88. The zero-order valence-electron chi connectivity index (χ0n) is 24.4. The maximum Gasteiger partial charge on any atom is 0.417 e. The maximum absolute atomic E-state index is 14.1. The van der Waals surface area contributed by atoms with Crippen molar-refractivity contribution in [2.45, 2.75) is 70.2 Å². The number of nitrogens with zero attached hydrogens (tertiary/aromatic N) is 2. The van der Waals surface area contributed by atoms with E-state index in [0.717, 1.165) is 17.7 Å². The summed E-state index contributed by atoms with van der Waals surface area (Å²) in [5, 5.41) is 2.26. The van der Waals surface area contributed by atoms with Gasteiger partial charge in [-0.15, -0.1) is 0 Å². The molecule has 0 unspecified atom stereocenters. The standard InChI is InChI=1S/C31H35ClF3N3O4S/c1-5-22(4)36-30(40)28(6-2)37(19-23-10-8-7-9-11-23)29(39)20-38(43(41,42)25-15-12-21(3)13-16-25)24-14-17-27(32)26(18-24)31(33,34)35/h7-18,22,28H,5-6,19-20H2,1-4H3,(H,36,40)/t22-,28+/m1/s1. The third-order valence-electron chi connectivity index (χ3n) is 7.01. The van der Waals surface area contributed by atoms with Crippen LogP contribution in [0, 0.1) is 6.92 Å². The van der Waals surface area contributed by atoms with Crippen LogP contribution in [0.25, 0.3) is 0 Å². The molecule has 0 radical (unpaired) electrons. The molecule has 0 heterocycles. The number of nitrogens with one attached hydrogen (secondary N) is 1. The third kappa shape index (κ3) is 8.51. The van der Waals surface area contributed by atoms with Gasteiger partial charge in [0.15, 0.2) is 0 Å². The molecule has 1 N–H and O–H groups in total. The highest BCUT2D eigenvalue weighted by molar-refractivity contribution is 7.92. The molecule has 7 nitrogen and oxygen atoms in total. The van der Waals surface area contributed by atoms with Crippen molar-refractivity contribution in [1.82, 2.24) is 10.2 Å². The number of alkyl halides is 3. The fraction of sp³-hybridized carbons (Fsp3) is 0.355. The highest BCUT2D eigenvalue weighted by atomic mass is 35.5. The molecule has 0 aliphatic carbocycles. The monoisotopic (exact) mass is 637 g/mol. The van der Waals surface area contributed by atoms with Crippen molar-refractivity contribution in [1.29, 1.82) is 0 Å². The van der Waals surface area contributed by atoms with Gasteiger partial charge in [-0.05, 0) is 62.6 Å². The van der Waals surface area contributed by atoms with Crippen molar-refractivity contribution < 1.29 is 31.2 Å². The molecule has 3 aromatic carbocycles. The molecular weight excluding hydrogens is 603 g/mol. The molecule has 12 heteroatoms. The van der Waals surface area contributed by atoms with E-state index >= 15 is 0 Å². The molecular formula is C31H35ClF3N3O4S. The van der Waals surface area contributed by atoms with Gasteiger partial charge in [-0.2, -0.15) is 13.2 Å². The highest BCUT2D eigenvalue weighted by Crippen LogP contribution is 2.38. The number of hydrogen-bond acceptors (Lipinski definition) is 4. The molecule has 0 aliphatic heterocycles. The van der Waals surface area contributed by atoms with Crippen molar-refractivity contribution >= 4 is 39.1 Å². The molecule has 2 atom stereocenters. The SMILES string of the molecule is CC[C@@H](C)NC(=O)[C@H](CC)N(Cc1ccccc1)C(=O)CN(c1ccc(Cl)c(C(F)(F)F)c1)S(=O)(=O)c1ccc(C)cc1. The second kappa shape index (κ2) is 14.3. The second-order valence-corrected chi connectivity index (χ2v) is 12.5. The van der Waals surface area contributed by atoms with Crippen LogP contribution in [0.15, 0.2) is 77.7 Å². The second-order valence-electron chi connectivity index (χ2n) is 10.2. The van der Waals surface area contributed by atoms with Crippen molar-refractivity contribution in [3.8, 4) is 0 Å². The highest BCUT2D eigenvalue weighted by Gasteiger charge is 2.37. The molecule has 0 saturated carbocycles. The normalized spacial score (nSPS) is 13.2. The molecule has 232 valence electrons. The number of rotatable bonds is 12. The predicted octanol–water partition coefficient (Wildman–Crippen LogP) is 6.58. The van der Waals surface area contributed by atoms with Gasteiger partial charge in [-0.1, -0.05) is 73.5 Å². The van der Waals surface area contributed by atoms with Gasteiger partial charge in [0.2, 0.25) is 11.8 Å². The summed E-state index contributed by atoms with van der Waals surface area (Å²) >= 11 is 5.82. The Balaban J connectivity index is 2.14. The largest absolute Gasteiger partial charge is 0.417 e. The Kier molecular flexibility index (Phi) is 11.3. The zero-order valence-corrected chi connectivity index (χ0v) is 25.9. The van der Waals surface area contributed by atoms with Crippen molar-refractivity contribution in [2.24, 2.45) is 0 Å². The molecule has 2 amide bonds. The van der Waals surface area contributed by atoms with E-state index < -0.39 is 56.9 Å². The van der Waals surface area contributed by atoms with Gasteiger partial charge >= 0.3 is 6.18 Å². The van der Waals surface area contributed by atoms with Crippen molar-refractivity contribution in [2.75, 3.05) is 10.8 Å². The van der Waals surface area contributed by atoms with Crippen molar-refractivity contribution in [3.05, 3.63) is 94.5 Å². The van der Waals surface area contributed by atoms with Gasteiger partial charge in [-0.25, -0.2) is 8.42 Å². The van der Waals surface area contributed by atoms with Crippen LogP contribution < -0.4 is 9.62 Å². The average Bonchev–Trinajstić information content (AvgIpc) is 2.96. The minimum Gasteiger partial charge on any atom is -0.352 e. The van der Waals surface area contributed by atoms with Crippen LogP contribution in [-0.4, -0.2) is 43.8 Å². The first-order valence-electron chi connectivity index (χ1n) is 13.8. The number of carbonyl (C=O) groups is 2. The van der Waals surface area contributed by atoms with Crippen LogP contribution >= 0.6 is 11.6 Å². The zero-order chi connectivity index (χ0) is 31.9. The number of hydrogen-bond donors (Lipinski definition) is 1. The quantitative estimate of drug-likeness (QED) is 0.243. The first-order valence-corrected chi connectivity index (χ1v) is 15.6. The third-order valence-corrected chi connectivity index (χ3v) is 9.13. The predicted molar refractivity (Wildman–Crippen MR) is 161 cm³/mol. The van der Waals surface area contributed by atoms with Gasteiger partial charge in [0, 0.05) is 12.6 Å². The smallest absolute Gasteiger partial charge is 0.352 e. The van der Waals surface area contributed by atoms with Gasteiger partial charge in [0.05, 0.1) is 21.2 Å². The Morgan fingerprint density at radius 2 is 1.58 bits per heavy atom. The Morgan fingerprint density at radius 1 is 0.953 bits per heavy atom. The number of benzene rings is 3. The summed E-state index contributed by atoms with van der Waals surface area (Å²) in [5.74, 6) is -1.19. The maximum atomic E-state index is 14.1. The molecule has 0 aliphatic rings. The number of anilines is 1. The van der Waals surface area contributed by atoms with Gasteiger partial charge in [0.1, 0.15) is 12.6 Å². The van der Waals surface area contributed by atoms with Gasteiger partial charge in [-0.3, -0.25) is 13.9 Å². The first kappa shape index (κ1) is 33.9. The number of aryl methyl sites for hydroxylation is 1. The summed E-state index contributed by atoms with van der Waals surface area (Å²) in [6.45, 7) is 6.30. The van der Waals surface area contributed by atoms with Crippen LogP contribution in [0.5, 0.6) is 0 Å². The van der Waals surface area contributed by atoms with E-state index in [0.29, 0.717) is 22.4 Å². The molecule has 0 bridgehead atoms. The fourth-order valence-corrected chi connectivity index (χ4v) is 6.02. The van der Waals surface area contributed by atoms with Crippen molar-refractivity contribution in [3.63, 3.8) is 0 Å². The molecule has 0 fully saturated rings. The summed E-state index contributed by atoms with van der Waals surface area (Å²) in [4.78, 5) is 28.4. The van der Waals surface area contributed by atoms with Crippen LogP contribution in [0.2, 0.25) is 5.02 Å². The Bertz CT molecular complexity index is 1520. The van der Waals surface area contributed by atoms with Crippen LogP contribution in [0.1, 0.15) is 50.3 Å². The molecule has 3 rings (SSSR count). The van der Waals surface area contributed by atoms with E-state index in [2.05, 4.69) is 5.32 Å². The summed E-state index contributed by atoms with van der Waals surface area (Å²) in [6, 6.07) is 16.1. The van der Waals surface area contributed by atoms with E-state index in [9.17, 15) is 31.2 Å². The number of sulfonamides is 1. The lowest BCUT2D eigenvalue weighted by Crippen LogP contribution is -2.53. The molecule has 0 spiro atoms. The number of halogens is 4. The van der Waals surface area contributed by atoms with E-state index in [4.69, 9.17) is 11.6 Å². The number of carbonyl (C=O) groups excluding carboxylic acids is 2. The summed E-state index contributed by atoms with van der Waals surface area (Å²) in [7, 11) is -4.55. The van der Waals surface area contributed by atoms with Crippen LogP contribution in [0.4, 0.5) is 18.9 Å².